The van der Waals surface area contributed by atoms with Crippen LogP contribution in [-0.4, -0.2) is 34.4 Å². The van der Waals surface area contributed by atoms with Crippen LogP contribution in [0.4, 0.5) is 4.39 Å². The second-order valence-corrected chi connectivity index (χ2v) is 4.68. The summed E-state index contributed by atoms with van der Waals surface area (Å²) in [7, 11) is 0. The molecular weight excluding hydrogens is 273 g/mol. The molecule has 5 nitrogen and oxygen atoms in total. The summed E-state index contributed by atoms with van der Waals surface area (Å²) in [5.74, 6) is -1.37. The molecule has 3 N–H and O–H groups in total. The zero-order valence-corrected chi connectivity index (χ0v) is 11.4. The highest BCUT2D eigenvalue weighted by Crippen LogP contribution is 2.17. The van der Waals surface area contributed by atoms with Gasteiger partial charge in [0.15, 0.2) is 5.84 Å². The average molecular weight is 288 g/mol. The summed E-state index contributed by atoms with van der Waals surface area (Å²) in [6, 6.07) is 3.49. The molecule has 1 aromatic carbocycles. The zero-order chi connectivity index (χ0) is 14.6. The number of nitrogens with two attached hydrogens (primary N) is 1. The molecule has 0 unspecified atom stereocenters. The van der Waals surface area contributed by atoms with Gasteiger partial charge in [-0.2, -0.15) is 0 Å². The molecule has 0 spiro atoms. The van der Waals surface area contributed by atoms with Crippen LogP contribution in [0.5, 0.6) is 0 Å². The maximum Gasteiger partial charge on any atom is 0.257 e. The molecule has 0 saturated heterocycles. The van der Waals surface area contributed by atoms with Gasteiger partial charge in [-0.1, -0.05) is 16.8 Å². The number of hydrogen-bond donors (Lipinski definition) is 2. The summed E-state index contributed by atoms with van der Waals surface area (Å²) >= 11 is 5.75. The number of benzene rings is 1. The largest absolute Gasteiger partial charge is 0.409 e. The fraction of sp³-hybridized carbons (Fsp3) is 0.333. The first-order valence-electron chi connectivity index (χ1n) is 5.59. The highest BCUT2D eigenvalue weighted by molar-refractivity contribution is 6.31. The monoisotopic (exact) mass is 287 g/mol. The van der Waals surface area contributed by atoms with Crippen molar-refractivity contribution in [1.82, 2.24) is 4.90 Å². The molecule has 1 aromatic rings. The van der Waals surface area contributed by atoms with E-state index in [4.69, 9.17) is 22.5 Å². The normalized spacial score (nSPS) is 11.7. The maximum absolute atomic E-state index is 13.6. The van der Waals surface area contributed by atoms with Crippen LogP contribution >= 0.6 is 11.6 Å². The van der Waals surface area contributed by atoms with Crippen LogP contribution < -0.4 is 5.73 Å². The van der Waals surface area contributed by atoms with Gasteiger partial charge in [-0.25, -0.2) is 4.39 Å². The van der Waals surface area contributed by atoms with E-state index in [2.05, 4.69) is 5.16 Å². The van der Waals surface area contributed by atoms with Gasteiger partial charge < -0.3 is 15.8 Å². The lowest BCUT2D eigenvalue weighted by molar-refractivity contribution is 0.0729. The minimum Gasteiger partial charge on any atom is -0.409 e. The lowest BCUT2D eigenvalue weighted by Gasteiger charge is -2.26. The highest BCUT2D eigenvalue weighted by Gasteiger charge is 2.23. The smallest absolute Gasteiger partial charge is 0.257 e. The van der Waals surface area contributed by atoms with Crippen molar-refractivity contribution in [2.24, 2.45) is 10.9 Å². The van der Waals surface area contributed by atoms with E-state index in [1.807, 2.05) is 0 Å². The van der Waals surface area contributed by atoms with Gasteiger partial charge in [0.1, 0.15) is 5.82 Å². The number of rotatable bonds is 4. The standard InChI is InChI=1S/C12H15ClFN3O2/c1-7(2)17(6-11(15)16-19)12(18)9-5-8(13)3-4-10(9)14/h3-5,7,19H,6H2,1-2H3,(H2,15,16). The third-order valence-corrected chi connectivity index (χ3v) is 2.74. The van der Waals surface area contributed by atoms with Crippen LogP contribution in [0, 0.1) is 5.82 Å². The Morgan fingerprint density at radius 3 is 2.74 bits per heavy atom. The molecule has 0 heterocycles. The van der Waals surface area contributed by atoms with Crippen molar-refractivity contribution in [3.63, 3.8) is 0 Å². The lowest BCUT2D eigenvalue weighted by atomic mass is 10.1. The fourth-order valence-corrected chi connectivity index (χ4v) is 1.68. The first-order valence-corrected chi connectivity index (χ1v) is 5.97. The number of carbonyl (C=O) groups is 1. The van der Waals surface area contributed by atoms with Gasteiger partial charge in [0, 0.05) is 11.1 Å². The molecule has 0 radical (unpaired) electrons. The number of halogens is 2. The van der Waals surface area contributed by atoms with Crippen molar-refractivity contribution < 1.29 is 14.4 Å². The molecule has 0 aliphatic heterocycles. The summed E-state index contributed by atoms with van der Waals surface area (Å²) in [4.78, 5) is 13.5. The van der Waals surface area contributed by atoms with E-state index < -0.39 is 11.7 Å². The Balaban J connectivity index is 3.09. The molecule has 0 aromatic heterocycles. The summed E-state index contributed by atoms with van der Waals surface area (Å²) in [5.41, 5.74) is 5.24. The number of amides is 1. The van der Waals surface area contributed by atoms with Crippen molar-refractivity contribution in [3.05, 3.63) is 34.6 Å². The Labute approximate surface area is 115 Å². The molecule has 0 aliphatic carbocycles. The van der Waals surface area contributed by atoms with Crippen LogP contribution in [0.25, 0.3) is 0 Å². The van der Waals surface area contributed by atoms with Crippen LogP contribution in [0.15, 0.2) is 23.4 Å². The Bertz CT molecular complexity index is 506. The molecule has 0 aliphatic rings. The van der Waals surface area contributed by atoms with Crippen molar-refractivity contribution in [1.29, 1.82) is 0 Å². The van der Waals surface area contributed by atoms with E-state index in [0.29, 0.717) is 0 Å². The molecule has 1 amide bonds. The van der Waals surface area contributed by atoms with E-state index >= 15 is 0 Å². The van der Waals surface area contributed by atoms with E-state index in [9.17, 15) is 9.18 Å². The van der Waals surface area contributed by atoms with Gasteiger partial charge in [0.05, 0.1) is 12.1 Å². The van der Waals surface area contributed by atoms with E-state index in [1.165, 1.54) is 17.0 Å². The van der Waals surface area contributed by atoms with Gasteiger partial charge in [0.2, 0.25) is 0 Å². The topological polar surface area (TPSA) is 78.9 Å². The average Bonchev–Trinajstić information content (AvgIpc) is 2.37. The minimum atomic E-state index is -0.667. The van der Waals surface area contributed by atoms with Crippen LogP contribution in [0.2, 0.25) is 5.02 Å². The highest BCUT2D eigenvalue weighted by atomic mass is 35.5. The summed E-state index contributed by atoms with van der Waals surface area (Å²) in [6.45, 7) is 3.38. The number of hydrogen-bond acceptors (Lipinski definition) is 3. The van der Waals surface area contributed by atoms with Crippen molar-refractivity contribution in [2.75, 3.05) is 6.54 Å². The first kappa shape index (κ1) is 15.2. The third-order valence-electron chi connectivity index (χ3n) is 2.50. The molecule has 7 heteroatoms. The molecule has 0 fully saturated rings. The predicted octanol–water partition coefficient (Wildman–Crippen LogP) is 2.08. The van der Waals surface area contributed by atoms with Crippen molar-refractivity contribution in [2.45, 2.75) is 19.9 Å². The molecule has 0 saturated carbocycles. The number of amidine groups is 1. The van der Waals surface area contributed by atoms with Gasteiger partial charge in [-0.3, -0.25) is 4.79 Å². The maximum atomic E-state index is 13.6. The van der Waals surface area contributed by atoms with Crippen molar-refractivity contribution in [3.8, 4) is 0 Å². The molecule has 1 rings (SSSR count). The van der Waals surface area contributed by atoms with Gasteiger partial charge in [-0.05, 0) is 32.0 Å². The number of nitrogens with zero attached hydrogens (tertiary/aromatic N) is 2. The Kier molecular flexibility index (Phi) is 5.11. The SMILES string of the molecule is CC(C)N(CC(N)=NO)C(=O)c1cc(Cl)ccc1F. The van der Waals surface area contributed by atoms with Crippen LogP contribution in [0.1, 0.15) is 24.2 Å². The first-order chi connectivity index (χ1) is 8.86. The second kappa shape index (κ2) is 6.38. The second-order valence-electron chi connectivity index (χ2n) is 4.24. The van der Waals surface area contributed by atoms with Crippen molar-refractivity contribution >= 4 is 23.3 Å². The summed E-state index contributed by atoms with van der Waals surface area (Å²) < 4.78 is 13.6. The predicted molar refractivity (Wildman–Crippen MR) is 71.0 cm³/mol. The lowest BCUT2D eigenvalue weighted by Crippen LogP contribution is -2.43. The molecule has 104 valence electrons. The summed E-state index contributed by atoms with van der Waals surface area (Å²) in [5, 5.41) is 11.6. The Morgan fingerprint density at radius 2 is 2.21 bits per heavy atom. The van der Waals surface area contributed by atoms with E-state index in [1.54, 1.807) is 13.8 Å². The molecule has 0 atom stereocenters. The zero-order valence-electron chi connectivity index (χ0n) is 10.6. The molecular formula is C12H15ClFN3O2. The molecule has 0 bridgehead atoms. The quantitative estimate of drug-likeness (QED) is 0.385. The Morgan fingerprint density at radius 1 is 1.58 bits per heavy atom. The van der Waals surface area contributed by atoms with Gasteiger partial charge in [0.25, 0.3) is 5.91 Å². The van der Waals surface area contributed by atoms with E-state index in [-0.39, 0.29) is 29.0 Å². The van der Waals surface area contributed by atoms with Gasteiger partial charge in [-0.15, -0.1) is 0 Å². The number of carbonyl (C=O) groups excluding carboxylic acids is 1. The van der Waals surface area contributed by atoms with E-state index in [0.717, 1.165) is 6.07 Å². The third kappa shape index (κ3) is 3.82. The Hall–Kier alpha value is -1.82. The van der Waals surface area contributed by atoms with Gasteiger partial charge >= 0.3 is 0 Å². The van der Waals surface area contributed by atoms with Crippen LogP contribution in [0.3, 0.4) is 0 Å². The molecule has 19 heavy (non-hydrogen) atoms. The fourth-order valence-electron chi connectivity index (χ4n) is 1.51. The minimum absolute atomic E-state index is 0.0983. The van der Waals surface area contributed by atoms with Crippen LogP contribution in [-0.2, 0) is 0 Å². The summed E-state index contributed by atoms with van der Waals surface area (Å²) in [6.07, 6.45) is 0. The number of oxime groups is 1.